The second-order valence-corrected chi connectivity index (χ2v) is 7.82. The molecule has 0 saturated heterocycles. The summed E-state index contributed by atoms with van der Waals surface area (Å²) in [5, 5.41) is 15.7. The van der Waals surface area contributed by atoms with Crippen LogP contribution in [0.3, 0.4) is 0 Å². The van der Waals surface area contributed by atoms with E-state index in [0.29, 0.717) is 0 Å². The number of fused-ring (bicyclic) bond motifs is 2. The Morgan fingerprint density at radius 2 is 1.94 bits per heavy atom. The van der Waals surface area contributed by atoms with Crippen molar-refractivity contribution in [2.45, 2.75) is 26.1 Å². The van der Waals surface area contributed by atoms with Crippen molar-refractivity contribution in [3.05, 3.63) is 59.3 Å². The molecule has 4 aromatic heterocycles. The molecule has 0 saturated carbocycles. The van der Waals surface area contributed by atoms with Crippen molar-refractivity contribution in [3.8, 4) is 10.6 Å². The predicted octanol–water partition coefficient (Wildman–Crippen LogP) is 4.51. The Hall–Kier alpha value is -3.48. The molecule has 0 radical (unpaired) electrons. The van der Waals surface area contributed by atoms with E-state index < -0.39 is 23.5 Å². The fourth-order valence-electron chi connectivity index (χ4n) is 3.34. The molecule has 5 aromatic rings. The van der Waals surface area contributed by atoms with Crippen LogP contribution in [0.2, 0.25) is 0 Å². The summed E-state index contributed by atoms with van der Waals surface area (Å²) in [7, 11) is 0. The molecule has 32 heavy (non-hydrogen) atoms. The Morgan fingerprint density at radius 1 is 1.12 bits per heavy atom. The number of aromatic nitrogens is 7. The van der Waals surface area contributed by atoms with Gasteiger partial charge in [-0.2, -0.15) is 27.9 Å². The molecule has 0 amide bonds. The van der Waals surface area contributed by atoms with Gasteiger partial charge >= 0.3 is 6.18 Å². The maximum atomic E-state index is 14.9. The smallest absolute Gasteiger partial charge is 0.272 e. The fourth-order valence-corrected chi connectivity index (χ4v) is 4.21. The van der Waals surface area contributed by atoms with E-state index in [4.69, 9.17) is 0 Å². The maximum Gasteiger partial charge on any atom is 0.435 e. The van der Waals surface area contributed by atoms with Gasteiger partial charge in [-0.15, -0.1) is 10.2 Å². The lowest BCUT2D eigenvalue weighted by Gasteiger charge is -2.06. The van der Waals surface area contributed by atoms with Gasteiger partial charge in [-0.3, -0.25) is 9.67 Å². The van der Waals surface area contributed by atoms with Gasteiger partial charge in [-0.25, -0.2) is 8.78 Å². The quantitative estimate of drug-likeness (QED) is 0.366. The molecule has 0 N–H and O–H groups in total. The largest absolute Gasteiger partial charge is 0.435 e. The van der Waals surface area contributed by atoms with E-state index in [2.05, 4.69) is 25.4 Å². The maximum absolute atomic E-state index is 14.9. The highest BCUT2D eigenvalue weighted by Gasteiger charge is 2.38. The van der Waals surface area contributed by atoms with Gasteiger partial charge in [0.1, 0.15) is 11.6 Å². The average Bonchev–Trinajstić information content (AvgIpc) is 3.45. The van der Waals surface area contributed by atoms with Gasteiger partial charge in [-0.1, -0.05) is 11.3 Å². The number of hydrogen-bond acceptors (Lipinski definition) is 6. The van der Waals surface area contributed by atoms with E-state index in [1.807, 2.05) is 0 Å². The first-order valence-corrected chi connectivity index (χ1v) is 10.2. The third-order valence-corrected chi connectivity index (χ3v) is 5.80. The Kier molecular flexibility index (Phi) is 4.65. The number of rotatable bonds is 4. The van der Waals surface area contributed by atoms with Crippen LogP contribution in [0.5, 0.6) is 0 Å². The van der Waals surface area contributed by atoms with E-state index in [0.717, 1.165) is 22.1 Å². The Morgan fingerprint density at radius 3 is 2.69 bits per heavy atom. The summed E-state index contributed by atoms with van der Waals surface area (Å²) in [6.45, 7) is 1.91. The molecule has 164 valence electrons. The van der Waals surface area contributed by atoms with E-state index in [1.165, 1.54) is 29.0 Å². The van der Waals surface area contributed by atoms with Crippen LogP contribution in [0.1, 0.15) is 24.0 Å². The van der Waals surface area contributed by atoms with Gasteiger partial charge in [0.2, 0.25) is 4.96 Å². The number of nitrogens with zero attached hydrogens (tertiary/aromatic N) is 7. The summed E-state index contributed by atoms with van der Waals surface area (Å²) in [5.41, 5.74) is -1.36. The summed E-state index contributed by atoms with van der Waals surface area (Å²) in [6, 6.07) is 4.13. The molecule has 5 rings (SSSR count). The van der Waals surface area contributed by atoms with Gasteiger partial charge in [0.15, 0.2) is 16.5 Å². The highest BCUT2D eigenvalue weighted by atomic mass is 32.1. The van der Waals surface area contributed by atoms with Crippen LogP contribution in [0, 0.1) is 11.6 Å². The highest BCUT2D eigenvalue weighted by molar-refractivity contribution is 7.19. The molecule has 4 heterocycles. The Bertz CT molecular complexity index is 1470. The van der Waals surface area contributed by atoms with E-state index >= 15 is 0 Å². The highest BCUT2D eigenvalue weighted by Crippen LogP contribution is 2.37. The molecule has 0 spiro atoms. The minimum Gasteiger partial charge on any atom is -0.272 e. The number of pyridine rings is 1. The van der Waals surface area contributed by atoms with Crippen molar-refractivity contribution < 1.29 is 22.0 Å². The second-order valence-electron chi connectivity index (χ2n) is 6.86. The van der Waals surface area contributed by atoms with Crippen LogP contribution < -0.4 is 0 Å². The molecule has 0 aliphatic carbocycles. The van der Waals surface area contributed by atoms with Gasteiger partial charge in [0.25, 0.3) is 0 Å². The lowest BCUT2D eigenvalue weighted by Crippen LogP contribution is -2.09. The lowest BCUT2D eigenvalue weighted by molar-refractivity contribution is -0.141. The summed E-state index contributed by atoms with van der Waals surface area (Å²) in [6.07, 6.45) is -2.29. The molecule has 0 atom stereocenters. The fraction of sp³-hybridized carbons (Fsp3) is 0.211. The zero-order valence-corrected chi connectivity index (χ0v) is 17.0. The number of benzene rings is 1. The Labute approximate surface area is 180 Å². The van der Waals surface area contributed by atoms with Crippen LogP contribution in [0.15, 0.2) is 30.6 Å². The predicted molar refractivity (Wildman–Crippen MR) is 105 cm³/mol. The van der Waals surface area contributed by atoms with E-state index in [-0.39, 0.29) is 50.8 Å². The zero-order chi connectivity index (χ0) is 22.6. The SMILES string of the molecule is CCn1cc(-c2nn3c(Cc4c(F)cc5ncccc5c4F)nnc3s2)c(C(F)(F)F)n1. The van der Waals surface area contributed by atoms with Gasteiger partial charge in [-0.05, 0) is 19.1 Å². The monoisotopic (exact) mass is 465 g/mol. The van der Waals surface area contributed by atoms with Crippen molar-refractivity contribution in [2.24, 2.45) is 0 Å². The lowest BCUT2D eigenvalue weighted by atomic mass is 10.1. The Balaban J connectivity index is 1.58. The molecular weight excluding hydrogens is 453 g/mol. The van der Waals surface area contributed by atoms with Crippen LogP contribution >= 0.6 is 11.3 Å². The number of alkyl halides is 3. The summed E-state index contributed by atoms with van der Waals surface area (Å²) in [4.78, 5) is 4.13. The van der Waals surface area contributed by atoms with Crippen LogP contribution in [-0.2, 0) is 19.1 Å². The van der Waals surface area contributed by atoms with Crippen molar-refractivity contribution in [2.75, 3.05) is 0 Å². The second kappa shape index (κ2) is 7.29. The van der Waals surface area contributed by atoms with Crippen molar-refractivity contribution in [1.29, 1.82) is 0 Å². The third kappa shape index (κ3) is 3.28. The average molecular weight is 465 g/mol. The molecule has 0 bridgehead atoms. The molecule has 13 heteroatoms. The zero-order valence-electron chi connectivity index (χ0n) is 16.2. The minimum absolute atomic E-state index is 0.0202. The van der Waals surface area contributed by atoms with Crippen molar-refractivity contribution >= 4 is 27.2 Å². The van der Waals surface area contributed by atoms with Gasteiger partial charge in [0.05, 0.1) is 11.1 Å². The van der Waals surface area contributed by atoms with E-state index in [9.17, 15) is 22.0 Å². The standard InChI is InChI=1S/C19H12F5N7S/c1-2-30-8-11(16(28-30)19(22,23)24)17-29-31-14(26-27-18(31)32-17)6-10-12(20)7-13-9(15(10)21)4-3-5-25-13/h3-5,7-8H,2,6H2,1H3. The number of halogens is 5. The van der Waals surface area contributed by atoms with Crippen molar-refractivity contribution in [1.82, 2.24) is 34.6 Å². The number of aryl methyl sites for hydroxylation is 1. The van der Waals surface area contributed by atoms with Gasteiger partial charge in [0, 0.05) is 42.4 Å². The topological polar surface area (TPSA) is 73.8 Å². The molecule has 0 aliphatic rings. The number of hydrogen-bond donors (Lipinski definition) is 0. The van der Waals surface area contributed by atoms with E-state index in [1.54, 1.807) is 6.92 Å². The summed E-state index contributed by atoms with van der Waals surface area (Å²) in [5.74, 6) is -1.52. The van der Waals surface area contributed by atoms with Crippen LogP contribution in [0.25, 0.3) is 26.4 Å². The minimum atomic E-state index is -4.67. The molecule has 0 fully saturated rings. The molecule has 1 aromatic carbocycles. The molecular formula is C19H12F5N7S. The first-order chi connectivity index (χ1) is 15.3. The first kappa shape index (κ1) is 20.4. The normalized spacial score (nSPS) is 12.3. The molecule has 7 nitrogen and oxygen atoms in total. The van der Waals surface area contributed by atoms with Gasteiger partial charge < -0.3 is 0 Å². The van der Waals surface area contributed by atoms with Crippen molar-refractivity contribution in [3.63, 3.8) is 0 Å². The van der Waals surface area contributed by atoms with Crippen LogP contribution in [-0.4, -0.2) is 34.6 Å². The third-order valence-electron chi connectivity index (χ3n) is 4.87. The molecule has 0 aliphatic heterocycles. The summed E-state index contributed by atoms with van der Waals surface area (Å²) < 4.78 is 72.1. The molecule has 0 unspecified atom stereocenters. The summed E-state index contributed by atoms with van der Waals surface area (Å²) >= 11 is 0.874. The first-order valence-electron chi connectivity index (χ1n) is 9.34. The van der Waals surface area contributed by atoms with Crippen LogP contribution in [0.4, 0.5) is 22.0 Å².